The molecule has 5 heteroatoms. The third kappa shape index (κ3) is 2.31. The molecule has 0 aliphatic carbocycles. The Morgan fingerprint density at radius 1 is 1.38 bits per heavy atom. The molecular formula is C11H12BrN3S. The van der Waals surface area contributed by atoms with Crippen molar-refractivity contribution in [2.24, 2.45) is 5.73 Å². The molecular weight excluding hydrogens is 286 g/mol. The van der Waals surface area contributed by atoms with Crippen LogP contribution in [0.4, 0.5) is 0 Å². The van der Waals surface area contributed by atoms with Crippen molar-refractivity contribution in [3.05, 3.63) is 33.2 Å². The van der Waals surface area contributed by atoms with Crippen molar-refractivity contribution >= 4 is 27.3 Å². The molecule has 84 valence electrons. The van der Waals surface area contributed by atoms with E-state index < -0.39 is 0 Å². The van der Waals surface area contributed by atoms with E-state index in [4.69, 9.17) is 5.73 Å². The molecule has 1 heterocycles. The average Bonchev–Trinajstić information content (AvgIpc) is 2.71. The van der Waals surface area contributed by atoms with E-state index in [-0.39, 0.29) is 0 Å². The molecule has 16 heavy (non-hydrogen) atoms. The average molecular weight is 298 g/mol. The van der Waals surface area contributed by atoms with Crippen LogP contribution in [0.2, 0.25) is 0 Å². The van der Waals surface area contributed by atoms with Gasteiger partial charge in [0.05, 0.1) is 0 Å². The SMILES string of the molecule is Cc1c(Br)cccc1-c1nnc(CCN)s1. The van der Waals surface area contributed by atoms with Crippen LogP contribution in [0, 0.1) is 6.92 Å². The molecule has 0 bridgehead atoms. The summed E-state index contributed by atoms with van der Waals surface area (Å²) in [6.45, 7) is 2.69. The maximum absolute atomic E-state index is 5.49. The van der Waals surface area contributed by atoms with Crippen LogP contribution in [0.3, 0.4) is 0 Å². The van der Waals surface area contributed by atoms with E-state index in [2.05, 4.69) is 39.1 Å². The molecule has 0 radical (unpaired) electrons. The fourth-order valence-corrected chi connectivity index (χ4v) is 2.73. The molecule has 0 saturated carbocycles. The van der Waals surface area contributed by atoms with Crippen LogP contribution < -0.4 is 5.73 Å². The number of nitrogens with zero attached hydrogens (tertiary/aromatic N) is 2. The summed E-state index contributed by atoms with van der Waals surface area (Å²) in [6, 6.07) is 6.10. The van der Waals surface area contributed by atoms with Gasteiger partial charge in [0.1, 0.15) is 10.0 Å². The zero-order chi connectivity index (χ0) is 11.5. The van der Waals surface area contributed by atoms with Crippen molar-refractivity contribution in [1.29, 1.82) is 0 Å². The van der Waals surface area contributed by atoms with Gasteiger partial charge in [-0.2, -0.15) is 0 Å². The van der Waals surface area contributed by atoms with Crippen LogP contribution in [0.5, 0.6) is 0 Å². The second-order valence-electron chi connectivity index (χ2n) is 3.45. The van der Waals surface area contributed by atoms with E-state index in [0.29, 0.717) is 6.54 Å². The second kappa shape index (κ2) is 5.03. The highest BCUT2D eigenvalue weighted by molar-refractivity contribution is 9.10. The molecule has 0 saturated heterocycles. The Labute approximate surface area is 107 Å². The van der Waals surface area contributed by atoms with Gasteiger partial charge in [0.25, 0.3) is 0 Å². The molecule has 2 rings (SSSR count). The van der Waals surface area contributed by atoms with Gasteiger partial charge in [-0.15, -0.1) is 10.2 Å². The monoisotopic (exact) mass is 297 g/mol. The Hall–Kier alpha value is -0.780. The van der Waals surface area contributed by atoms with Crippen molar-refractivity contribution in [1.82, 2.24) is 10.2 Å². The minimum Gasteiger partial charge on any atom is -0.330 e. The molecule has 1 aromatic heterocycles. The standard InChI is InChI=1S/C11H12BrN3S/c1-7-8(3-2-4-9(7)12)11-15-14-10(16-11)5-6-13/h2-4H,5-6,13H2,1H3. The summed E-state index contributed by atoms with van der Waals surface area (Å²) >= 11 is 5.13. The molecule has 0 spiro atoms. The van der Waals surface area contributed by atoms with E-state index in [9.17, 15) is 0 Å². The second-order valence-corrected chi connectivity index (χ2v) is 5.37. The van der Waals surface area contributed by atoms with Gasteiger partial charge < -0.3 is 5.73 Å². The zero-order valence-corrected chi connectivity index (χ0v) is 11.3. The Kier molecular flexibility index (Phi) is 3.68. The molecule has 2 N–H and O–H groups in total. The van der Waals surface area contributed by atoms with Crippen molar-refractivity contribution in [3.8, 4) is 10.6 Å². The smallest absolute Gasteiger partial charge is 0.148 e. The van der Waals surface area contributed by atoms with Gasteiger partial charge in [0.2, 0.25) is 0 Å². The lowest BCUT2D eigenvalue weighted by Crippen LogP contribution is -2.01. The Morgan fingerprint density at radius 2 is 2.19 bits per heavy atom. The largest absolute Gasteiger partial charge is 0.330 e. The third-order valence-corrected chi connectivity index (χ3v) is 4.20. The molecule has 1 aromatic carbocycles. The zero-order valence-electron chi connectivity index (χ0n) is 8.90. The van der Waals surface area contributed by atoms with Crippen LogP contribution in [-0.2, 0) is 6.42 Å². The number of hydrogen-bond donors (Lipinski definition) is 1. The number of nitrogens with two attached hydrogens (primary N) is 1. The lowest BCUT2D eigenvalue weighted by molar-refractivity contribution is 0.913. The summed E-state index contributed by atoms with van der Waals surface area (Å²) in [6.07, 6.45) is 0.796. The van der Waals surface area contributed by atoms with Gasteiger partial charge in [0.15, 0.2) is 0 Å². The van der Waals surface area contributed by atoms with E-state index in [1.807, 2.05) is 12.1 Å². The summed E-state index contributed by atoms with van der Waals surface area (Å²) in [4.78, 5) is 0. The fourth-order valence-electron chi connectivity index (χ4n) is 1.43. The highest BCUT2D eigenvalue weighted by Gasteiger charge is 2.09. The molecule has 0 aliphatic heterocycles. The van der Waals surface area contributed by atoms with E-state index >= 15 is 0 Å². The number of hydrogen-bond acceptors (Lipinski definition) is 4. The first kappa shape index (κ1) is 11.7. The summed E-state index contributed by atoms with van der Waals surface area (Å²) in [7, 11) is 0. The Morgan fingerprint density at radius 3 is 2.94 bits per heavy atom. The molecule has 0 amide bonds. The highest BCUT2D eigenvalue weighted by atomic mass is 79.9. The first-order valence-electron chi connectivity index (χ1n) is 5.00. The van der Waals surface area contributed by atoms with Gasteiger partial charge in [-0.1, -0.05) is 39.4 Å². The van der Waals surface area contributed by atoms with Crippen molar-refractivity contribution in [2.45, 2.75) is 13.3 Å². The van der Waals surface area contributed by atoms with Crippen LogP contribution >= 0.6 is 27.3 Å². The lowest BCUT2D eigenvalue weighted by Gasteiger charge is -2.02. The number of rotatable bonds is 3. The maximum atomic E-state index is 5.49. The van der Waals surface area contributed by atoms with Gasteiger partial charge in [-0.25, -0.2) is 0 Å². The lowest BCUT2D eigenvalue weighted by atomic mass is 10.1. The number of benzene rings is 1. The molecule has 0 fully saturated rings. The maximum Gasteiger partial charge on any atom is 0.148 e. The molecule has 0 atom stereocenters. The summed E-state index contributed by atoms with van der Waals surface area (Å²) < 4.78 is 1.10. The van der Waals surface area contributed by atoms with E-state index in [1.54, 1.807) is 11.3 Å². The van der Waals surface area contributed by atoms with E-state index in [0.717, 1.165) is 26.5 Å². The minimum absolute atomic E-state index is 0.617. The normalized spacial score (nSPS) is 10.7. The molecule has 2 aromatic rings. The van der Waals surface area contributed by atoms with Crippen molar-refractivity contribution in [3.63, 3.8) is 0 Å². The molecule has 0 unspecified atom stereocenters. The summed E-state index contributed by atoms with van der Waals surface area (Å²) in [5.74, 6) is 0. The first-order valence-corrected chi connectivity index (χ1v) is 6.61. The third-order valence-electron chi connectivity index (χ3n) is 2.32. The first-order chi connectivity index (χ1) is 7.72. The fraction of sp³-hybridized carbons (Fsp3) is 0.273. The molecule has 0 aliphatic rings. The van der Waals surface area contributed by atoms with Gasteiger partial charge in [0, 0.05) is 16.5 Å². The predicted molar refractivity (Wildman–Crippen MR) is 70.5 cm³/mol. The quantitative estimate of drug-likeness (QED) is 0.948. The summed E-state index contributed by atoms with van der Waals surface area (Å²) in [5, 5.41) is 10.3. The number of halogens is 1. The highest BCUT2D eigenvalue weighted by Crippen LogP contribution is 2.30. The Bertz CT molecular complexity index is 496. The van der Waals surface area contributed by atoms with Crippen LogP contribution in [0.1, 0.15) is 10.6 Å². The Balaban J connectivity index is 2.39. The van der Waals surface area contributed by atoms with E-state index in [1.165, 1.54) is 5.56 Å². The predicted octanol–water partition coefficient (Wildman–Crippen LogP) is 2.78. The number of aromatic nitrogens is 2. The topological polar surface area (TPSA) is 51.8 Å². The minimum atomic E-state index is 0.617. The van der Waals surface area contributed by atoms with Crippen LogP contribution in [0.15, 0.2) is 22.7 Å². The van der Waals surface area contributed by atoms with Crippen LogP contribution in [0.25, 0.3) is 10.6 Å². The van der Waals surface area contributed by atoms with Crippen molar-refractivity contribution < 1.29 is 0 Å². The van der Waals surface area contributed by atoms with Crippen LogP contribution in [-0.4, -0.2) is 16.7 Å². The van der Waals surface area contributed by atoms with Gasteiger partial charge in [-0.3, -0.25) is 0 Å². The summed E-state index contributed by atoms with van der Waals surface area (Å²) in [5.41, 5.74) is 7.82. The van der Waals surface area contributed by atoms with Gasteiger partial charge in [-0.05, 0) is 25.1 Å². The van der Waals surface area contributed by atoms with Crippen molar-refractivity contribution in [2.75, 3.05) is 6.54 Å². The van der Waals surface area contributed by atoms with Gasteiger partial charge >= 0.3 is 0 Å². The molecule has 3 nitrogen and oxygen atoms in total.